The Morgan fingerprint density at radius 3 is 2.17 bits per heavy atom. The van der Waals surface area contributed by atoms with E-state index >= 15 is 0 Å². The predicted octanol–water partition coefficient (Wildman–Crippen LogP) is 3.79. The number of hydrogen-bond acceptors (Lipinski definition) is 4. The highest BCUT2D eigenvalue weighted by Crippen LogP contribution is 2.54. The fourth-order valence-corrected chi connectivity index (χ4v) is 4.01. The monoisotopic (exact) mass is 348 g/mol. The normalized spacial score (nSPS) is 31.4. The first-order valence-electron chi connectivity index (χ1n) is 8.05. The van der Waals surface area contributed by atoms with Crippen LogP contribution in [-0.2, 0) is 19.1 Å². The second-order valence-electron chi connectivity index (χ2n) is 7.24. The lowest BCUT2D eigenvalue weighted by atomic mass is 9.79. The van der Waals surface area contributed by atoms with Gasteiger partial charge < -0.3 is 9.47 Å². The standard InChI is InChI=1S/C17H23F3O4/c1-9(2)15(22)23-14-7-11-5-12(14)6-13(11)8-16(4,17(18,19)20)24-10(3)21/h11-14H,1,5-8H2,2-4H3. The molecule has 2 aliphatic rings. The molecule has 2 saturated carbocycles. The minimum Gasteiger partial charge on any atom is -0.459 e. The molecule has 5 unspecified atom stereocenters. The largest absolute Gasteiger partial charge is 0.459 e. The summed E-state index contributed by atoms with van der Waals surface area (Å²) in [5.74, 6) is -1.47. The molecule has 2 fully saturated rings. The molecule has 24 heavy (non-hydrogen) atoms. The summed E-state index contributed by atoms with van der Waals surface area (Å²) in [4.78, 5) is 22.7. The summed E-state index contributed by atoms with van der Waals surface area (Å²) in [6.45, 7) is 7.00. The number of ether oxygens (including phenoxy) is 2. The molecule has 2 rings (SSSR count). The zero-order valence-corrected chi connectivity index (χ0v) is 14.1. The van der Waals surface area contributed by atoms with E-state index in [-0.39, 0.29) is 30.3 Å². The van der Waals surface area contributed by atoms with Crippen LogP contribution in [-0.4, -0.2) is 29.8 Å². The maximum atomic E-state index is 13.3. The average Bonchev–Trinajstić information content (AvgIpc) is 2.95. The zero-order chi connectivity index (χ0) is 18.3. The van der Waals surface area contributed by atoms with Gasteiger partial charge in [-0.25, -0.2) is 4.79 Å². The quantitative estimate of drug-likeness (QED) is 0.560. The molecule has 0 aliphatic heterocycles. The molecule has 0 amide bonds. The Morgan fingerprint density at radius 1 is 1.12 bits per heavy atom. The van der Waals surface area contributed by atoms with Crippen molar-refractivity contribution >= 4 is 11.9 Å². The molecule has 0 aromatic rings. The summed E-state index contributed by atoms with van der Waals surface area (Å²) < 4.78 is 50.0. The SMILES string of the molecule is C=C(C)C(=O)OC1CC2CC1CC2CC(C)(OC(C)=O)C(F)(F)F. The third-order valence-corrected chi connectivity index (χ3v) is 5.17. The van der Waals surface area contributed by atoms with Crippen LogP contribution in [0.1, 0.15) is 46.5 Å². The summed E-state index contributed by atoms with van der Waals surface area (Å²) in [6, 6.07) is 0. The van der Waals surface area contributed by atoms with Gasteiger partial charge in [-0.05, 0) is 57.3 Å². The van der Waals surface area contributed by atoms with E-state index in [1.165, 1.54) is 0 Å². The zero-order valence-electron chi connectivity index (χ0n) is 14.1. The summed E-state index contributed by atoms with van der Waals surface area (Å²) in [5.41, 5.74) is -2.16. The molecular weight excluding hydrogens is 325 g/mol. The molecule has 0 spiro atoms. The van der Waals surface area contributed by atoms with Crippen LogP contribution in [0.15, 0.2) is 12.2 Å². The first kappa shape index (κ1) is 18.8. The van der Waals surface area contributed by atoms with Gasteiger partial charge in [-0.1, -0.05) is 6.58 Å². The molecular formula is C17H23F3O4. The van der Waals surface area contributed by atoms with Gasteiger partial charge in [0.05, 0.1) is 0 Å². The van der Waals surface area contributed by atoms with Crippen molar-refractivity contribution in [3.63, 3.8) is 0 Å². The van der Waals surface area contributed by atoms with E-state index in [0.29, 0.717) is 18.4 Å². The highest BCUT2D eigenvalue weighted by molar-refractivity contribution is 5.87. The van der Waals surface area contributed by atoms with Crippen molar-refractivity contribution in [3.8, 4) is 0 Å². The van der Waals surface area contributed by atoms with Gasteiger partial charge in [-0.15, -0.1) is 0 Å². The van der Waals surface area contributed by atoms with Crippen LogP contribution in [0.3, 0.4) is 0 Å². The number of carbonyl (C=O) groups excluding carboxylic acids is 2. The van der Waals surface area contributed by atoms with Gasteiger partial charge in [-0.3, -0.25) is 4.79 Å². The Kier molecular flexibility index (Phi) is 5.02. The van der Waals surface area contributed by atoms with Gasteiger partial charge in [0, 0.05) is 12.5 Å². The third-order valence-electron chi connectivity index (χ3n) is 5.17. The number of rotatable bonds is 5. The molecule has 0 radical (unpaired) electrons. The smallest absolute Gasteiger partial charge is 0.428 e. The maximum absolute atomic E-state index is 13.3. The molecule has 4 nitrogen and oxygen atoms in total. The molecule has 5 atom stereocenters. The van der Waals surface area contributed by atoms with Gasteiger partial charge in [0.2, 0.25) is 5.60 Å². The fraction of sp³-hybridized carbons (Fsp3) is 0.765. The number of hydrogen-bond donors (Lipinski definition) is 0. The molecule has 136 valence electrons. The fourth-order valence-electron chi connectivity index (χ4n) is 4.01. The number of esters is 2. The van der Waals surface area contributed by atoms with Crippen molar-refractivity contribution in [2.24, 2.45) is 17.8 Å². The molecule has 0 aromatic heterocycles. The van der Waals surface area contributed by atoms with E-state index in [4.69, 9.17) is 4.74 Å². The minimum absolute atomic E-state index is 0.0511. The topological polar surface area (TPSA) is 52.6 Å². The second-order valence-corrected chi connectivity index (χ2v) is 7.24. The third kappa shape index (κ3) is 3.75. The first-order valence-corrected chi connectivity index (χ1v) is 8.05. The highest BCUT2D eigenvalue weighted by atomic mass is 19.4. The summed E-state index contributed by atoms with van der Waals surface area (Å²) in [6.07, 6.45) is -3.27. The van der Waals surface area contributed by atoms with Crippen molar-refractivity contribution in [2.75, 3.05) is 0 Å². The molecule has 0 heterocycles. The molecule has 2 bridgehead atoms. The van der Waals surface area contributed by atoms with E-state index in [0.717, 1.165) is 20.3 Å². The summed E-state index contributed by atoms with van der Waals surface area (Å²) >= 11 is 0. The van der Waals surface area contributed by atoms with E-state index in [2.05, 4.69) is 11.3 Å². The molecule has 0 N–H and O–H groups in total. The van der Waals surface area contributed by atoms with E-state index < -0.39 is 23.7 Å². The predicted molar refractivity (Wildman–Crippen MR) is 79.9 cm³/mol. The number of alkyl halides is 3. The van der Waals surface area contributed by atoms with Crippen LogP contribution in [0.2, 0.25) is 0 Å². The second kappa shape index (κ2) is 6.41. The van der Waals surface area contributed by atoms with E-state index in [9.17, 15) is 22.8 Å². The van der Waals surface area contributed by atoms with Gasteiger partial charge in [-0.2, -0.15) is 13.2 Å². The minimum atomic E-state index is -4.62. The van der Waals surface area contributed by atoms with Crippen molar-refractivity contribution in [2.45, 2.75) is 64.3 Å². The van der Waals surface area contributed by atoms with Crippen molar-refractivity contribution < 1.29 is 32.2 Å². The van der Waals surface area contributed by atoms with Crippen LogP contribution in [0.4, 0.5) is 13.2 Å². The van der Waals surface area contributed by atoms with Crippen LogP contribution < -0.4 is 0 Å². The van der Waals surface area contributed by atoms with Gasteiger partial charge >= 0.3 is 18.1 Å². The van der Waals surface area contributed by atoms with Crippen LogP contribution in [0.5, 0.6) is 0 Å². The molecule has 2 aliphatic carbocycles. The summed E-state index contributed by atoms with van der Waals surface area (Å²) in [7, 11) is 0. The van der Waals surface area contributed by atoms with Crippen LogP contribution >= 0.6 is 0 Å². The maximum Gasteiger partial charge on any atom is 0.428 e. The Hall–Kier alpha value is -1.53. The number of carbonyl (C=O) groups is 2. The Labute approximate surface area is 139 Å². The Bertz CT molecular complexity index is 542. The lowest BCUT2D eigenvalue weighted by Gasteiger charge is -2.36. The van der Waals surface area contributed by atoms with Crippen LogP contribution in [0.25, 0.3) is 0 Å². The lowest BCUT2D eigenvalue weighted by molar-refractivity contribution is -0.269. The van der Waals surface area contributed by atoms with E-state index in [1.807, 2.05) is 0 Å². The van der Waals surface area contributed by atoms with Crippen LogP contribution in [0, 0.1) is 17.8 Å². The molecule has 7 heteroatoms. The van der Waals surface area contributed by atoms with Crippen molar-refractivity contribution in [1.29, 1.82) is 0 Å². The lowest BCUT2D eigenvalue weighted by Crippen LogP contribution is -2.48. The van der Waals surface area contributed by atoms with Crippen molar-refractivity contribution in [3.05, 3.63) is 12.2 Å². The van der Waals surface area contributed by atoms with Gasteiger partial charge in [0.15, 0.2) is 0 Å². The summed E-state index contributed by atoms with van der Waals surface area (Å²) in [5, 5.41) is 0. The average molecular weight is 348 g/mol. The molecule has 0 aromatic carbocycles. The first-order chi connectivity index (χ1) is 10.9. The van der Waals surface area contributed by atoms with Crippen molar-refractivity contribution in [1.82, 2.24) is 0 Å². The Morgan fingerprint density at radius 2 is 1.75 bits per heavy atom. The number of halogens is 3. The van der Waals surface area contributed by atoms with E-state index in [1.54, 1.807) is 6.92 Å². The van der Waals surface area contributed by atoms with Gasteiger partial charge in [0.25, 0.3) is 0 Å². The number of fused-ring (bicyclic) bond motifs is 2. The highest BCUT2D eigenvalue weighted by Gasteiger charge is 2.58. The molecule has 0 saturated heterocycles. The van der Waals surface area contributed by atoms with Gasteiger partial charge in [0.1, 0.15) is 6.10 Å². The Balaban J connectivity index is 2.01.